The molecule has 1 unspecified atom stereocenters. The largest absolute Gasteiger partial charge is 0.312 e. The van der Waals surface area contributed by atoms with Gasteiger partial charge in [-0.1, -0.05) is 48.0 Å². The number of halogens is 1. The van der Waals surface area contributed by atoms with Crippen molar-refractivity contribution in [2.45, 2.75) is 25.8 Å². The first-order valence-corrected chi connectivity index (χ1v) is 8.92. The summed E-state index contributed by atoms with van der Waals surface area (Å²) in [4.78, 5) is 17.0. The van der Waals surface area contributed by atoms with Crippen LogP contribution < -0.4 is 4.90 Å². The lowest BCUT2D eigenvalue weighted by Crippen LogP contribution is -2.40. The number of amides is 1. The van der Waals surface area contributed by atoms with Crippen LogP contribution in [-0.4, -0.2) is 30.4 Å². The summed E-state index contributed by atoms with van der Waals surface area (Å²) in [6.45, 7) is 4.06. The van der Waals surface area contributed by atoms with Crippen molar-refractivity contribution in [1.82, 2.24) is 4.90 Å². The molecule has 1 atom stereocenters. The normalized spacial score (nSPS) is 17.8. The molecule has 1 aliphatic rings. The van der Waals surface area contributed by atoms with Gasteiger partial charge in [-0.05, 0) is 50.1 Å². The highest BCUT2D eigenvalue weighted by molar-refractivity contribution is 6.31. The van der Waals surface area contributed by atoms with Crippen LogP contribution in [0.3, 0.4) is 0 Å². The molecule has 1 fully saturated rings. The first-order chi connectivity index (χ1) is 11.7. The van der Waals surface area contributed by atoms with Gasteiger partial charge in [0.2, 0.25) is 5.91 Å². The Morgan fingerprint density at radius 1 is 1.17 bits per heavy atom. The van der Waals surface area contributed by atoms with Gasteiger partial charge in [-0.2, -0.15) is 0 Å². The number of hydrogen-bond donors (Lipinski definition) is 0. The minimum absolute atomic E-state index is 0.141. The summed E-state index contributed by atoms with van der Waals surface area (Å²) in [5.74, 6) is 0.141. The minimum Gasteiger partial charge on any atom is -0.312 e. The molecule has 126 valence electrons. The number of anilines is 1. The lowest BCUT2D eigenvalue weighted by atomic mass is 10.0. The molecule has 0 aromatic heterocycles. The SMILES string of the molecule is CCN(C(=O)CN1CCCC1c1ccccc1Cl)c1ccccc1. The molecular weight excluding hydrogens is 320 g/mol. The maximum atomic E-state index is 12.8. The van der Waals surface area contributed by atoms with E-state index < -0.39 is 0 Å². The fourth-order valence-electron chi connectivity index (χ4n) is 3.48. The van der Waals surface area contributed by atoms with E-state index in [4.69, 9.17) is 11.6 Å². The van der Waals surface area contributed by atoms with Crippen LogP contribution in [0, 0.1) is 0 Å². The maximum Gasteiger partial charge on any atom is 0.241 e. The molecule has 1 amide bonds. The Balaban J connectivity index is 1.74. The van der Waals surface area contributed by atoms with Crippen molar-refractivity contribution in [3.8, 4) is 0 Å². The van der Waals surface area contributed by atoms with E-state index in [1.807, 2.05) is 60.4 Å². The molecule has 0 spiro atoms. The molecule has 3 nitrogen and oxygen atoms in total. The van der Waals surface area contributed by atoms with Crippen LogP contribution >= 0.6 is 11.6 Å². The molecule has 1 heterocycles. The van der Waals surface area contributed by atoms with E-state index in [0.29, 0.717) is 13.1 Å². The van der Waals surface area contributed by atoms with Gasteiger partial charge in [0.1, 0.15) is 0 Å². The van der Waals surface area contributed by atoms with Crippen molar-refractivity contribution in [2.24, 2.45) is 0 Å². The maximum absolute atomic E-state index is 12.8. The number of carbonyl (C=O) groups is 1. The summed E-state index contributed by atoms with van der Waals surface area (Å²) in [5.41, 5.74) is 2.09. The second-order valence-corrected chi connectivity index (χ2v) is 6.53. The number of rotatable bonds is 5. The molecule has 1 aliphatic heterocycles. The van der Waals surface area contributed by atoms with E-state index in [0.717, 1.165) is 35.7 Å². The lowest BCUT2D eigenvalue weighted by Gasteiger charge is -2.28. The smallest absolute Gasteiger partial charge is 0.241 e. The third-order valence-corrected chi connectivity index (χ3v) is 5.00. The molecule has 0 radical (unpaired) electrons. The Kier molecular flexibility index (Phi) is 5.54. The number of likely N-dealkylation sites (tertiary alicyclic amines) is 1. The van der Waals surface area contributed by atoms with Gasteiger partial charge < -0.3 is 4.90 Å². The van der Waals surface area contributed by atoms with Crippen LogP contribution in [0.25, 0.3) is 0 Å². The van der Waals surface area contributed by atoms with Gasteiger partial charge in [0.15, 0.2) is 0 Å². The third-order valence-electron chi connectivity index (χ3n) is 4.65. The molecule has 1 saturated heterocycles. The number of para-hydroxylation sites is 1. The second kappa shape index (κ2) is 7.82. The first kappa shape index (κ1) is 17.0. The van der Waals surface area contributed by atoms with E-state index in [2.05, 4.69) is 11.0 Å². The van der Waals surface area contributed by atoms with Gasteiger partial charge in [-0.25, -0.2) is 0 Å². The van der Waals surface area contributed by atoms with Crippen LogP contribution in [-0.2, 0) is 4.79 Å². The van der Waals surface area contributed by atoms with Gasteiger partial charge in [0, 0.05) is 23.3 Å². The molecule has 0 N–H and O–H groups in total. The molecule has 4 heteroatoms. The topological polar surface area (TPSA) is 23.6 Å². The second-order valence-electron chi connectivity index (χ2n) is 6.12. The fraction of sp³-hybridized carbons (Fsp3) is 0.350. The Morgan fingerprint density at radius 3 is 2.58 bits per heavy atom. The van der Waals surface area contributed by atoms with E-state index in [1.54, 1.807) is 0 Å². The van der Waals surface area contributed by atoms with E-state index in [-0.39, 0.29) is 11.9 Å². The van der Waals surface area contributed by atoms with E-state index >= 15 is 0 Å². The van der Waals surface area contributed by atoms with Crippen molar-refractivity contribution in [3.63, 3.8) is 0 Å². The highest BCUT2D eigenvalue weighted by atomic mass is 35.5. The highest BCUT2D eigenvalue weighted by Gasteiger charge is 2.30. The van der Waals surface area contributed by atoms with Crippen molar-refractivity contribution < 1.29 is 4.79 Å². The molecule has 3 rings (SSSR count). The summed E-state index contributed by atoms with van der Waals surface area (Å²) < 4.78 is 0. The summed E-state index contributed by atoms with van der Waals surface area (Å²) >= 11 is 6.37. The number of hydrogen-bond acceptors (Lipinski definition) is 2. The summed E-state index contributed by atoms with van der Waals surface area (Å²) in [6.07, 6.45) is 2.15. The number of nitrogens with zero attached hydrogens (tertiary/aromatic N) is 2. The quantitative estimate of drug-likeness (QED) is 0.797. The summed E-state index contributed by atoms with van der Waals surface area (Å²) in [5, 5.41) is 0.789. The van der Waals surface area contributed by atoms with E-state index in [1.165, 1.54) is 0 Å². The van der Waals surface area contributed by atoms with Gasteiger partial charge in [0.05, 0.1) is 6.54 Å². The molecule has 0 saturated carbocycles. The van der Waals surface area contributed by atoms with Crippen LogP contribution in [0.1, 0.15) is 31.4 Å². The Bertz CT molecular complexity index is 689. The van der Waals surface area contributed by atoms with Gasteiger partial charge >= 0.3 is 0 Å². The third kappa shape index (κ3) is 3.63. The highest BCUT2D eigenvalue weighted by Crippen LogP contribution is 2.35. The van der Waals surface area contributed by atoms with Crippen LogP contribution in [0.15, 0.2) is 54.6 Å². The number of carbonyl (C=O) groups excluding carboxylic acids is 1. The number of likely N-dealkylation sites (N-methyl/N-ethyl adjacent to an activating group) is 1. The number of benzene rings is 2. The van der Waals surface area contributed by atoms with Crippen molar-refractivity contribution in [1.29, 1.82) is 0 Å². The van der Waals surface area contributed by atoms with Crippen molar-refractivity contribution >= 4 is 23.2 Å². The summed E-state index contributed by atoms with van der Waals surface area (Å²) in [6, 6.07) is 18.1. The lowest BCUT2D eigenvalue weighted by molar-refractivity contribution is -0.119. The zero-order chi connectivity index (χ0) is 16.9. The van der Waals surface area contributed by atoms with Crippen LogP contribution in [0.5, 0.6) is 0 Å². The minimum atomic E-state index is 0.141. The molecular formula is C20H23ClN2O. The average Bonchev–Trinajstić information content (AvgIpc) is 3.05. The molecule has 0 aliphatic carbocycles. The molecule has 0 bridgehead atoms. The first-order valence-electron chi connectivity index (χ1n) is 8.54. The van der Waals surface area contributed by atoms with Gasteiger partial charge in [-0.15, -0.1) is 0 Å². The zero-order valence-corrected chi connectivity index (χ0v) is 14.7. The molecule has 2 aromatic carbocycles. The van der Waals surface area contributed by atoms with Gasteiger partial charge in [-0.3, -0.25) is 9.69 Å². The predicted octanol–water partition coefficient (Wildman–Crippen LogP) is 4.53. The van der Waals surface area contributed by atoms with Crippen LogP contribution in [0.4, 0.5) is 5.69 Å². The Hall–Kier alpha value is -1.84. The van der Waals surface area contributed by atoms with Crippen LogP contribution in [0.2, 0.25) is 5.02 Å². The monoisotopic (exact) mass is 342 g/mol. The average molecular weight is 343 g/mol. The Morgan fingerprint density at radius 2 is 1.88 bits per heavy atom. The van der Waals surface area contributed by atoms with E-state index in [9.17, 15) is 4.79 Å². The summed E-state index contributed by atoms with van der Waals surface area (Å²) in [7, 11) is 0. The van der Waals surface area contributed by atoms with Gasteiger partial charge in [0.25, 0.3) is 0 Å². The predicted molar refractivity (Wildman–Crippen MR) is 99.5 cm³/mol. The molecule has 2 aromatic rings. The standard InChI is InChI=1S/C20H23ClN2O/c1-2-23(16-9-4-3-5-10-16)20(24)15-22-14-8-13-19(22)17-11-6-7-12-18(17)21/h3-7,9-12,19H,2,8,13-15H2,1H3. The van der Waals surface area contributed by atoms with Crippen molar-refractivity contribution in [3.05, 3.63) is 65.2 Å². The van der Waals surface area contributed by atoms with Crippen molar-refractivity contribution in [2.75, 3.05) is 24.5 Å². The molecule has 24 heavy (non-hydrogen) atoms. The fourth-order valence-corrected chi connectivity index (χ4v) is 3.74. The zero-order valence-electron chi connectivity index (χ0n) is 14.0. The Labute approximate surface area is 148 Å².